The van der Waals surface area contributed by atoms with Gasteiger partial charge in [-0.05, 0) is 32.1 Å². The summed E-state index contributed by atoms with van der Waals surface area (Å²) in [6.07, 6.45) is 4.99. The quantitative estimate of drug-likeness (QED) is 0.550. The summed E-state index contributed by atoms with van der Waals surface area (Å²) in [4.78, 5) is 0. The lowest BCUT2D eigenvalue weighted by atomic mass is 9.53. The van der Waals surface area contributed by atoms with Crippen molar-refractivity contribution in [2.24, 2.45) is 5.92 Å². The summed E-state index contributed by atoms with van der Waals surface area (Å²) in [5.41, 5.74) is -1.52. The Morgan fingerprint density at radius 1 is 1.27 bits per heavy atom. The molecule has 2 rings (SSSR count). The molecule has 3 atom stereocenters. The van der Waals surface area contributed by atoms with Crippen molar-refractivity contribution < 1.29 is 10.2 Å². The van der Waals surface area contributed by atoms with E-state index in [1.807, 2.05) is 0 Å². The normalized spacial score (nSPS) is 56.5. The number of rotatable bonds is 0. The first-order valence-corrected chi connectivity index (χ1v) is 4.51. The van der Waals surface area contributed by atoms with Crippen LogP contribution in [-0.2, 0) is 0 Å². The molecule has 2 aliphatic carbocycles. The van der Waals surface area contributed by atoms with Crippen LogP contribution in [0.5, 0.6) is 0 Å². The van der Waals surface area contributed by atoms with Crippen molar-refractivity contribution in [2.75, 3.05) is 0 Å². The number of hydrogen-bond acceptors (Lipinski definition) is 2. The van der Waals surface area contributed by atoms with E-state index >= 15 is 0 Å². The lowest BCUT2D eigenvalue weighted by Gasteiger charge is -2.59. The van der Waals surface area contributed by atoms with Crippen molar-refractivity contribution in [2.45, 2.75) is 50.2 Å². The van der Waals surface area contributed by atoms with Gasteiger partial charge in [0.25, 0.3) is 0 Å². The van der Waals surface area contributed by atoms with Crippen molar-refractivity contribution in [3.63, 3.8) is 0 Å². The average Bonchev–Trinajstić information content (AvgIpc) is 1.93. The summed E-state index contributed by atoms with van der Waals surface area (Å²) in [6.45, 7) is 1.76. The fourth-order valence-electron chi connectivity index (χ4n) is 2.73. The van der Waals surface area contributed by atoms with Crippen LogP contribution in [0.1, 0.15) is 39.0 Å². The van der Waals surface area contributed by atoms with Crippen LogP contribution in [0.2, 0.25) is 0 Å². The first-order valence-electron chi connectivity index (χ1n) is 4.51. The molecule has 2 nitrogen and oxygen atoms in total. The van der Waals surface area contributed by atoms with E-state index in [0.29, 0.717) is 5.92 Å². The molecule has 2 N–H and O–H groups in total. The molecule has 11 heavy (non-hydrogen) atoms. The zero-order valence-electron chi connectivity index (χ0n) is 7.01. The molecule has 2 fully saturated rings. The van der Waals surface area contributed by atoms with Crippen LogP contribution < -0.4 is 0 Å². The average molecular weight is 156 g/mol. The second-order valence-corrected chi connectivity index (χ2v) is 4.34. The van der Waals surface area contributed by atoms with Crippen LogP contribution in [0.4, 0.5) is 0 Å². The van der Waals surface area contributed by atoms with Gasteiger partial charge in [-0.25, -0.2) is 0 Å². The van der Waals surface area contributed by atoms with Crippen LogP contribution >= 0.6 is 0 Å². The fraction of sp³-hybridized carbons (Fsp3) is 1.00. The van der Waals surface area contributed by atoms with E-state index in [-0.39, 0.29) is 0 Å². The molecule has 0 spiro atoms. The van der Waals surface area contributed by atoms with Gasteiger partial charge < -0.3 is 10.2 Å². The third-order valence-electron chi connectivity index (χ3n) is 3.61. The molecule has 64 valence electrons. The highest BCUT2D eigenvalue weighted by Gasteiger charge is 2.61. The topological polar surface area (TPSA) is 40.5 Å². The Morgan fingerprint density at radius 2 is 2.00 bits per heavy atom. The standard InChI is InChI=1S/C9H16O2/c1-8(10)6-7-4-2-3-5-9(7,8)11/h7,10-11H,2-6H2,1H3/t7?,8-,9+/m0/s1. The maximum Gasteiger partial charge on any atom is 0.0959 e. The van der Waals surface area contributed by atoms with E-state index in [1.54, 1.807) is 6.92 Å². The molecule has 0 aromatic rings. The molecule has 0 aromatic carbocycles. The SMILES string of the molecule is C[C@]1(O)CC2CCCC[C@@]21O. The minimum atomic E-state index is -0.794. The number of hydrogen-bond donors (Lipinski definition) is 2. The van der Waals surface area contributed by atoms with Gasteiger partial charge in [0, 0.05) is 0 Å². The Labute approximate surface area is 67.2 Å². The maximum absolute atomic E-state index is 10.0. The summed E-state index contributed by atoms with van der Waals surface area (Å²) < 4.78 is 0. The Balaban J connectivity index is 2.17. The van der Waals surface area contributed by atoms with Gasteiger partial charge in [-0.3, -0.25) is 0 Å². The lowest BCUT2D eigenvalue weighted by molar-refractivity contribution is -0.266. The smallest absolute Gasteiger partial charge is 0.0959 e. The van der Waals surface area contributed by atoms with Gasteiger partial charge in [-0.15, -0.1) is 0 Å². The van der Waals surface area contributed by atoms with Gasteiger partial charge >= 0.3 is 0 Å². The van der Waals surface area contributed by atoms with E-state index < -0.39 is 11.2 Å². The van der Waals surface area contributed by atoms with Gasteiger partial charge in [-0.1, -0.05) is 12.8 Å². The molecule has 2 aliphatic rings. The van der Waals surface area contributed by atoms with Gasteiger partial charge in [0.1, 0.15) is 0 Å². The van der Waals surface area contributed by atoms with Crippen molar-refractivity contribution in [1.82, 2.24) is 0 Å². The van der Waals surface area contributed by atoms with E-state index in [0.717, 1.165) is 25.7 Å². The minimum Gasteiger partial charge on any atom is -0.387 e. The van der Waals surface area contributed by atoms with E-state index in [9.17, 15) is 10.2 Å². The Bertz CT molecular complexity index is 176. The first kappa shape index (κ1) is 7.56. The van der Waals surface area contributed by atoms with Crippen molar-refractivity contribution >= 4 is 0 Å². The highest BCUT2D eigenvalue weighted by Crippen LogP contribution is 2.54. The Morgan fingerprint density at radius 3 is 2.45 bits per heavy atom. The molecule has 0 radical (unpaired) electrons. The Hall–Kier alpha value is -0.0800. The molecule has 0 amide bonds. The zero-order chi connectivity index (χ0) is 8.11. The monoisotopic (exact) mass is 156 g/mol. The lowest BCUT2D eigenvalue weighted by Crippen LogP contribution is -2.68. The molecular formula is C9H16O2. The molecule has 2 heteroatoms. The second kappa shape index (κ2) is 1.99. The van der Waals surface area contributed by atoms with Gasteiger partial charge in [0.2, 0.25) is 0 Å². The summed E-state index contributed by atoms with van der Waals surface area (Å²) in [5, 5.41) is 19.7. The number of fused-ring (bicyclic) bond motifs is 1. The molecule has 2 saturated carbocycles. The van der Waals surface area contributed by atoms with Gasteiger partial charge in [0.15, 0.2) is 0 Å². The molecule has 0 saturated heterocycles. The highest BCUT2D eigenvalue weighted by atomic mass is 16.4. The van der Waals surface area contributed by atoms with Crippen LogP contribution in [0.15, 0.2) is 0 Å². The van der Waals surface area contributed by atoms with Crippen LogP contribution in [0.25, 0.3) is 0 Å². The molecule has 1 unspecified atom stereocenters. The van der Waals surface area contributed by atoms with Crippen LogP contribution in [0.3, 0.4) is 0 Å². The van der Waals surface area contributed by atoms with Gasteiger partial charge in [0.05, 0.1) is 11.2 Å². The largest absolute Gasteiger partial charge is 0.387 e. The molecule has 0 heterocycles. The molecule has 0 aliphatic heterocycles. The number of aliphatic hydroxyl groups is 2. The Kier molecular flexibility index (Phi) is 1.37. The highest BCUT2D eigenvalue weighted by molar-refractivity contribution is 5.13. The van der Waals surface area contributed by atoms with E-state index in [1.165, 1.54) is 6.42 Å². The third-order valence-corrected chi connectivity index (χ3v) is 3.61. The van der Waals surface area contributed by atoms with Crippen molar-refractivity contribution in [1.29, 1.82) is 0 Å². The first-order chi connectivity index (χ1) is 5.06. The summed E-state index contributed by atoms with van der Waals surface area (Å²) >= 11 is 0. The fourth-order valence-corrected chi connectivity index (χ4v) is 2.73. The minimum absolute atomic E-state index is 0.381. The summed E-state index contributed by atoms with van der Waals surface area (Å²) in [5.74, 6) is 0.381. The summed E-state index contributed by atoms with van der Waals surface area (Å²) in [7, 11) is 0. The second-order valence-electron chi connectivity index (χ2n) is 4.34. The molecular weight excluding hydrogens is 140 g/mol. The predicted octanol–water partition coefficient (Wildman–Crippen LogP) is 1.06. The third kappa shape index (κ3) is 0.798. The van der Waals surface area contributed by atoms with E-state index in [4.69, 9.17) is 0 Å². The van der Waals surface area contributed by atoms with Crippen molar-refractivity contribution in [3.8, 4) is 0 Å². The van der Waals surface area contributed by atoms with Crippen LogP contribution in [-0.4, -0.2) is 21.4 Å². The van der Waals surface area contributed by atoms with Crippen LogP contribution in [0, 0.1) is 5.92 Å². The zero-order valence-corrected chi connectivity index (χ0v) is 7.01. The molecule has 0 bridgehead atoms. The predicted molar refractivity (Wildman–Crippen MR) is 42.1 cm³/mol. The van der Waals surface area contributed by atoms with Gasteiger partial charge in [-0.2, -0.15) is 0 Å². The van der Waals surface area contributed by atoms with Crippen molar-refractivity contribution in [3.05, 3.63) is 0 Å². The molecule has 0 aromatic heterocycles. The summed E-state index contributed by atoms with van der Waals surface area (Å²) in [6, 6.07) is 0. The maximum atomic E-state index is 10.0. The van der Waals surface area contributed by atoms with E-state index in [2.05, 4.69) is 0 Å².